The molecule has 0 radical (unpaired) electrons. The van der Waals surface area contributed by atoms with Gasteiger partial charge in [-0.3, -0.25) is 15.1 Å². The highest BCUT2D eigenvalue weighted by Crippen LogP contribution is 2.33. The number of aromatic nitrogens is 1. The van der Waals surface area contributed by atoms with Crippen molar-refractivity contribution in [1.82, 2.24) is 15.6 Å². The normalized spacial score (nSPS) is 20.7. The van der Waals surface area contributed by atoms with Crippen molar-refractivity contribution in [2.75, 3.05) is 7.11 Å². The van der Waals surface area contributed by atoms with Crippen LogP contribution < -0.4 is 10.6 Å². The molecule has 4 rings (SSSR count). The van der Waals surface area contributed by atoms with Gasteiger partial charge in [-0.25, -0.2) is 4.79 Å². The number of hydrogen-bond donors (Lipinski definition) is 2. The monoisotopic (exact) mass is 383 g/mol. The largest absolute Gasteiger partial charge is 0.465 e. The first-order valence-corrected chi connectivity index (χ1v) is 10.4. The summed E-state index contributed by atoms with van der Waals surface area (Å²) in [5.74, 6) is -0.186. The van der Waals surface area contributed by atoms with Crippen LogP contribution in [0.15, 0.2) is 18.3 Å². The van der Waals surface area contributed by atoms with Crippen LogP contribution in [-0.4, -0.2) is 35.6 Å². The molecule has 0 aromatic carbocycles. The Morgan fingerprint density at radius 2 is 1.96 bits per heavy atom. The van der Waals surface area contributed by atoms with Crippen molar-refractivity contribution in [3.63, 3.8) is 0 Å². The molecule has 6 nitrogen and oxygen atoms in total. The minimum atomic E-state index is -0.507. The summed E-state index contributed by atoms with van der Waals surface area (Å²) in [7, 11) is 1.40. The van der Waals surface area contributed by atoms with E-state index in [9.17, 15) is 9.59 Å². The number of carbonyl (C=O) groups is 2. The molecule has 0 saturated heterocycles. The number of carbonyl (C=O) groups excluding carboxylic acids is 2. The summed E-state index contributed by atoms with van der Waals surface area (Å²) in [6.07, 6.45) is 12.7. The molecule has 3 aliphatic rings. The molecule has 0 aliphatic heterocycles. The SMILES string of the molecule is COC(=O)C1=CCc2nccc(CNC3(C(=O)NC4CCCC4)CCCC3)c21. The van der Waals surface area contributed by atoms with Gasteiger partial charge < -0.3 is 10.1 Å². The molecule has 0 atom stereocenters. The standard InChI is InChI=1S/C22H29N3O3/c1-28-20(26)17-8-9-18-19(17)15(10-13-23-18)14-24-22(11-4-5-12-22)21(27)25-16-6-2-3-7-16/h8,10,13,16,24H,2-7,9,11-12,14H2,1H3,(H,25,27). The van der Waals surface area contributed by atoms with Crippen molar-refractivity contribution in [3.05, 3.63) is 35.2 Å². The number of fused-ring (bicyclic) bond motifs is 1. The van der Waals surface area contributed by atoms with Crippen molar-refractivity contribution >= 4 is 17.4 Å². The predicted molar refractivity (Wildman–Crippen MR) is 106 cm³/mol. The second-order valence-electron chi connectivity index (χ2n) is 8.20. The molecule has 3 aliphatic carbocycles. The summed E-state index contributed by atoms with van der Waals surface area (Å²) in [5, 5.41) is 6.86. The van der Waals surface area contributed by atoms with Gasteiger partial charge in [0.25, 0.3) is 0 Å². The Morgan fingerprint density at radius 3 is 2.68 bits per heavy atom. The maximum Gasteiger partial charge on any atom is 0.338 e. The molecule has 1 amide bonds. The molecule has 0 unspecified atom stereocenters. The van der Waals surface area contributed by atoms with E-state index in [4.69, 9.17) is 4.74 Å². The van der Waals surface area contributed by atoms with Crippen LogP contribution in [-0.2, 0) is 27.3 Å². The molecular formula is C22H29N3O3. The lowest BCUT2D eigenvalue weighted by Gasteiger charge is -2.31. The number of hydrogen-bond acceptors (Lipinski definition) is 5. The van der Waals surface area contributed by atoms with Gasteiger partial charge >= 0.3 is 5.97 Å². The molecular weight excluding hydrogens is 354 g/mol. The summed E-state index contributed by atoms with van der Waals surface area (Å²) in [4.78, 5) is 29.7. The van der Waals surface area contributed by atoms with E-state index in [1.807, 2.05) is 12.1 Å². The molecule has 28 heavy (non-hydrogen) atoms. The number of rotatable bonds is 6. The Morgan fingerprint density at radius 1 is 1.21 bits per heavy atom. The molecule has 6 heteroatoms. The first kappa shape index (κ1) is 19.1. The molecule has 150 valence electrons. The van der Waals surface area contributed by atoms with Gasteiger partial charge in [0.2, 0.25) is 5.91 Å². The highest BCUT2D eigenvalue weighted by Gasteiger charge is 2.41. The van der Waals surface area contributed by atoms with Gasteiger partial charge in [0.15, 0.2) is 0 Å². The molecule has 0 bridgehead atoms. The van der Waals surface area contributed by atoms with Crippen LogP contribution in [0.1, 0.15) is 68.2 Å². The van der Waals surface area contributed by atoms with Crippen molar-refractivity contribution in [2.24, 2.45) is 0 Å². The van der Waals surface area contributed by atoms with Crippen LogP contribution in [0.3, 0.4) is 0 Å². The van der Waals surface area contributed by atoms with Gasteiger partial charge in [0.1, 0.15) is 0 Å². The van der Waals surface area contributed by atoms with Gasteiger partial charge in [-0.2, -0.15) is 0 Å². The van der Waals surface area contributed by atoms with E-state index in [2.05, 4.69) is 15.6 Å². The average Bonchev–Trinajstić information content (AvgIpc) is 3.46. The zero-order valence-corrected chi connectivity index (χ0v) is 16.6. The number of allylic oxidation sites excluding steroid dienone is 1. The van der Waals surface area contributed by atoms with Gasteiger partial charge in [-0.05, 0) is 37.3 Å². The van der Waals surface area contributed by atoms with E-state index in [1.165, 1.54) is 20.0 Å². The third-order valence-electron chi connectivity index (χ3n) is 6.49. The van der Waals surface area contributed by atoms with Crippen LogP contribution in [0.4, 0.5) is 0 Å². The second-order valence-corrected chi connectivity index (χ2v) is 8.20. The molecule has 0 spiro atoms. The quantitative estimate of drug-likeness (QED) is 0.738. The van der Waals surface area contributed by atoms with Crippen molar-refractivity contribution in [2.45, 2.75) is 75.9 Å². The summed E-state index contributed by atoms with van der Waals surface area (Å²) < 4.78 is 4.94. The lowest BCUT2D eigenvalue weighted by atomic mass is 9.94. The zero-order valence-electron chi connectivity index (χ0n) is 16.6. The Balaban J connectivity index is 1.51. The minimum Gasteiger partial charge on any atom is -0.465 e. The van der Waals surface area contributed by atoms with Gasteiger partial charge in [-0.15, -0.1) is 0 Å². The van der Waals surface area contributed by atoms with E-state index in [1.54, 1.807) is 6.20 Å². The molecule has 1 aromatic heterocycles. The van der Waals surface area contributed by atoms with Crippen molar-refractivity contribution in [3.8, 4) is 0 Å². The van der Waals surface area contributed by atoms with Crippen molar-refractivity contribution in [1.29, 1.82) is 0 Å². The van der Waals surface area contributed by atoms with Gasteiger partial charge in [0.05, 0.1) is 23.9 Å². The number of nitrogens with one attached hydrogen (secondary N) is 2. The Kier molecular flexibility index (Phi) is 5.49. The highest BCUT2D eigenvalue weighted by atomic mass is 16.5. The predicted octanol–water partition coefficient (Wildman–Crippen LogP) is 2.66. The Bertz CT molecular complexity index is 790. The van der Waals surface area contributed by atoms with E-state index in [0.29, 0.717) is 24.6 Å². The van der Waals surface area contributed by atoms with E-state index in [0.717, 1.165) is 55.3 Å². The fraction of sp³-hybridized carbons (Fsp3) is 0.591. The van der Waals surface area contributed by atoms with E-state index in [-0.39, 0.29) is 11.9 Å². The van der Waals surface area contributed by atoms with Crippen LogP contribution in [0.5, 0.6) is 0 Å². The number of methoxy groups -OCH3 is 1. The summed E-state index contributed by atoms with van der Waals surface area (Å²) in [6, 6.07) is 2.26. The first-order valence-electron chi connectivity index (χ1n) is 10.4. The molecule has 1 aromatic rings. The van der Waals surface area contributed by atoms with Crippen LogP contribution in [0.2, 0.25) is 0 Å². The van der Waals surface area contributed by atoms with Gasteiger partial charge in [0, 0.05) is 30.8 Å². The van der Waals surface area contributed by atoms with Gasteiger partial charge in [-0.1, -0.05) is 31.8 Å². The summed E-state index contributed by atoms with van der Waals surface area (Å²) in [5.41, 5.74) is 2.84. The van der Waals surface area contributed by atoms with Crippen LogP contribution in [0.25, 0.3) is 5.57 Å². The topological polar surface area (TPSA) is 80.3 Å². The third kappa shape index (κ3) is 3.58. The lowest BCUT2D eigenvalue weighted by Crippen LogP contribution is -2.56. The number of nitrogens with zero attached hydrogens (tertiary/aromatic N) is 1. The molecule has 1 heterocycles. The maximum atomic E-state index is 13.1. The number of pyridine rings is 1. The Labute approximate surface area is 166 Å². The number of ether oxygens (including phenoxy) is 1. The smallest absolute Gasteiger partial charge is 0.338 e. The fourth-order valence-corrected chi connectivity index (χ4v) is 4.90. The van der Waals surface area contributed by atoms with Crippen LogP contribution in [0, 0.1) is 0 Å². The average molecular weight is 383 g/mol. The lowest BCUT2D eigenvalue weighted by molar-refractivity contribution is -0.133. The molecule has 2 N–H and O–H groups in total. The zero-order chi connectivity index (χ0) is 19.6. The fourth-order valence-electron chi connectivity index (χ4n) is 4.90. The maximum absolute atomic E-state index is 13.1. The second kappa shape index (κ2) is 8.03. The third-order valence-corrected chi connectivity index (χ3v) is 6.49. The van der Waals surface area contributed by atoms with E-state index >= 15 is 0 Å². The number of amides is 1. The minimum absolute atomic E-state index is 0.145. The molecule has 2 saturated carbocycles. The van der Waals surface area contributed by atoms with Crippen molar-refractivity contribution < 1.29 is 14.3 Å². The molecule has 2 fully saturated rings. The first-order chi connectivity index (χ1) is 13.6. The summed E-state index contributed by atoms with van der Waals surface area (Å²) in [6.45, 7) is 0.539. The highest BCUT2D eigenvalue weighted by molar-refractivity contribution is 6.18. The summed E-state index contributed by atoms with van der Waals surface area (Å²) >= 11 is 0. The number of esters is 1. The van der Waals surface area contributed by atoms with Crippen LogP contribution >= 0.6 is 0 Å². The Hall–Kier alpha value is -2.21. The van der Waals surface area contributed by atoms with E-state index < -0.39 is 5.54 Å².